The molecule has 0 aliphatic heterocycles. The zero-order valence-electron chi connectivity index (χ0n) is 31.5. The van der Waals surface area contributed by atoms with E-state index in [2.05, 4.69) is 76.6 Å². The number of benzene rings is 4. The zero-order chi connectivity index (χ0) is 35.8. The Morgan fingerprint density at radius 2 is 1.53 bits per heavy atom. The molecule has 1 radical (unpaired) electrons. The predicted molar refractivity (Wildman–Crippen MR) is 193 cm³/mol. The van der Waals surface area contributed by atoms with Gasteiger partial charge >= 0.3 is 110 Å². The van der Waals surface area contributed by atoms with Crippen LogP contribution in [0.4, 0.5) is 0 Å². The van der Waals surface area contributed by atoms with Gasteiger partial charge in [-0.1, -0.05) is 60.0 Å². The van der Waals surface area contributed by atoms with Crippen molar-refractivity contribution in [1.29, 1.82) is 0 Å². The van der Waals surface area contributed by atoms with Crippen molar-refractivity contribution in [2.75, 3.05) is 0 Å². The molecule has 0 unspecified atom stereocenters. The molecule has 0 fully saturated rings. The van der Waals surface area contributed by atoms with Crippen molar-refractivity contribution < 1.29 is 28.3 Å². The van der Waals surface area contributed by atoms with Crippen LogP contribution in [0.5, 0.6) is 0 Å². The molecule has 0 saturated carbocycles. The molecule has 0 atom stereocenters. The largest absolute Gasteiger partial charge is 0.304 e. The van der Waals surface area contributed by atoms with E-state index >= 15 is 0 Å². The first-order valence-corrected chi connectivity index (χ1v) is 22.7. The number of rotatable bonds is 4. The molecule has 0 saturated heterocycles. The number of hydrogen-bond donors (Lipinski definition) is 0. The van der Waals surface area contributed by atoms with Gasteiger partial charge in [-0.15, -0.1) is 23.8 Å². The smallest absolute Gasteiger partial charge is 0.0280 e. The number of aryl methyl sites for hydroxylation is 3. The number of aromatic nitrogens is 2. The Bertz CT molecular complexity index is 2220. The normalized spacial score (nSPS) is 13.7. The Morgan fingerprint density at radius 1 is 0.733 bits per heavy atom. The summed E-state index contributed by atoms with van der Waals surface area (Å²) in [4.78, 5) is 9.15. The van der Waals surface area contributed by atoms with Gasteiger partial charge in [-0.2, -0.15) is 11.3 Å². The van der Waals surface area contributed by atoms with Crippen molar-refractivity contribution in [3.63, 3.8) is 0 Å². The quantitative estimate of drug-likeness (QED) is 0.130. The summed E-state index contributed by atoms with van der Waals surface area (Å²) in [5, 5.41) is 2.36. The summed E-state index contributed by atoms with van der Waals surface area (Å²) in [5.74, 6) is 6.98. The van der Waals surface area contributed by atoms with Gasteiger partial charge in [0.15, 0.2) is 0 Å². The van der Waals surface area contributed by atoms with Crippen LogP contribution in [0.25, 0.3) is 53.8 Å². The second-order valence-electron chi connectivity index (χ2n) is 11.8. The van der Waals surface area contributed by atoms with Gasteiger partial charge in [0.1, 0.15) is 0 Å². The van der Waals surface area contributed by atoms with Crippen molar-refractivity contribution in [3.8, 4) is 33.6 Å². The Kier molecular flexibility index (Phi) is 7.97. The Labute approximate surface area is 295 Å². The van der Waals surface area contributed by atoms with Crippen molar-refractivity contribution in [2.24, 2.45) is 0 Å². The molecule has 227 valence electrons. The third kappa shape index (κ3) is 7.21. The van der Waals surface area contributed by atoms with E-state index in [0.717, 1.165) is 32.5 Å². The number of nitrogens with zero attached hydrogens (tertiary/aromatic N) is 2. The van der Waals surface area contributed by atoms with Crippen molar-refractivity contribution >= 4 is 49.2 Å². The number of fused-ring (bicyclic) bond motifs is 3. The summed E-state index contributed by atoms with van der Waals surface area (Å²) in [5.41, 5.74) is 6.47. The van der Waals surface area contributed by atoms with Gasteiger partial charge in [-0.3, -0.25) is 0 Å². The molecule has 3 heterocycles. The molecule has 2 nitrogen and oxygen atoms in total. The minimum absolute atomic E-state index is 0. The summed E-state index contributed by atoms with van der Waals surface area (Å²) in [6, 6.07) is 36.9. The fraction of sp³-hybridized carbons (Fsp3) is 0.150. The maximum absolute atomic E-state index is 8.10. The molecule has 0 aliphatic rings. The zero-order valence-corrected chi connectivity index (χ0v) is 30.8. The van der Waals surface area contributed by atoms with E-state index in [1.807, 2.05) is 48.7 Å². The fourth-order valence-corrected chi connectivity index (χ4v) is 8.56. The molecule has 0 spiro atoms. The first-order valence-electron chi connectivity index (χ1n) is 17.5. The topological polar surface area (TPSA) is 25.8 Å². The van der Waals surface area contributed by atoms with E-state index in [9.17, 15) is 0 Å². The average Bonchev–Trinajstić information content (AvgIpc) is 3.48. The standard InChI is InChI=1S/C25H18NS.C15H18GeN.Ir/c1-16-8-6-11-19-20-12-7-13-21(25(20)27-24(16)19)23-14-17(2)22(15-26-23)18-9-4-3-5-10-18;1-12-5-7-13(8-6-12)15-10-9-14(11-17-15)16(2,3)4;/h3-12,14-15H,1-2H3;5-7,9-11H,1-4H3;/q2*-1;/i2D3;1D3;. The van der Waals surface area contributed by atoms with Crippen LogP contribution < -0.4 is 4.40 Å². The molecule has 4 aromatic carbocycles. The molecule has 7 aromatic rings. The Morgan fingerprint density at radius 3 is 2.22 bits per heavy atom. The number of hydrogen-bond acceptors (Lipinski definition) is 3. The van der Waals surface area contributed by atoms with Gasteiger partial charge in [0.2, 0.25) is 0 Å². The molecule has 0 bridgehead atoms. The van der Waals surface area contributed by atoms with Gasteiger partial charge in [0.05, 0.1) is 0 Å². The van der Waals surface area contributed by atoms with Gasteiger partial charge in [0, 0.05) is 40.7 Å². The molecule has 0 aliphatic carbocycles. The number of thiophene rings is 1. The first-order chi connectivity index (χ1) is 23.6. The first kappa shape index (κ1) is 25.7. The summed E-state index contributed by atoms with van der Waals surface area (Å²) < 4.78 is 50.0. The van der Waals surface area contributed by atoms with Crippen LogP contribution in [0, 0.1) is 32.8 Å². The Hall–Kier alpha value is -3.41. The van der Waals surface area contributed by atoms with Gasteiger partial charge < -0.3 is 4.98 Å². The van der Waals surface area contributed by atoms with Gasteiger partial charge in [-0.25, -0.2) is 0 Å². The van der Waals surface area contributed by atoms with Gasteiger partial charge in [0.25, 0.3) is 0 Å². The summed E-state index contributed by atoms with van der Waals surface area (Å²) in [7, 11) is 0. The van der Waals surface area contributed by atoms with E-state index in [-0.39, 0.29) is 20.1 Å². The molecule has 45 heavy (non-hydrogen) atoms. The predicted octanol–water partition coefficient (Wildman–Crippen LogP) is 10.6. The van der Waals surface area contributed by atoms with Crippen molar-refractivity contribution in [1.82, 2.24) is 9.97 Å². The third-order valence-electron chi connectivity index (χ3n) is 7.62. The monoisotopic (exact) mass is 849 g/mol. The summed E-state index contributed by atoms with van der Waals surface area (Å²) >= 11 is -0.119. The van der Waals surface area contributed by atoms with E-state index in [1.54, 1.807) is 35.7 Å². The van der Waals surface area contributed by atoms with Crippen LogP contribution in [0.1, 0.15) is 24.9 Å². The van der Waals surface area contributed by atoms with Crippen LogP contribution in [-0.4, -0.2) is 23.2 Å². The minimum atomic E-state index is -2.24. The van der Waals surface area contributed by atoms with E-state index in [0.29, 0.717) is 22.4 Å². The Balaban J connectivity index is 0.000000211. The van der Waals surface area contributed by atoms with Crippen molar-refractivity contribution in [2.45, 2.75) is 37.9 Å². The minimum Gasteiger partial charge on any atom is -0.304 e. The van der Waals surface area contributed by atoms with Crippen LogP contribution in [0.15, 0.2) is 109 Å². The molecule has 5 heteroatoms. The average molecular weight is 848 g/mol. The van der Waals surface area contributed by atoms with E-state index in [4.69, 9.17) is 8.22 Å². The maximum Gasteiger partial charge on any atom is 0.0280 e. The number of pyridine rings is 2. The fourth-order valence-electron chi connectivity index (χ4n) is 5.12. The third-order valence-corrected chi connectivity index (χ3v) is 13.2. The second kappa shape index (κ2) is 13.9. The van der Waals surface area contributed by atoms with E-state index < -0.39 is 27.0 Å². The molecular formula is C40H36GeIrN2S-2. The van der Waals surface area contributed by atoms with Gasteiger partial charge in [-0.05, 0) is 46.2 Å². The van der Waals surface area contributed by atoms with E-state index in [1.165, 1.54) is 26.1 Å². The van der Waals surface area contributed by atoms with Crippen molar-refractivity contribution in [3.05, 3.63) is 138 Å². The van der Waals surface area contributed by atoms with Crippen LogP contribution in [0.3, 0.4) is 0 Å². The summed E-state index contributed by atoms with van der Waals surface area (Å²) in [6.45, 7) is -2.21. The van der Waals surface area contributed by atoms with Crippen LogP contribution >= 0.6 is 11.3 Å². The molecule has 3 aromatic heterocycles. The molecular weight excluding hydrogens is 805 g/mol. The van der Waals surface area contributed by atoms with Crippen LogP contribution in [0.2, 0.25) is 17.3 Å². The second-order valence-corrected chi connectivity index (χ2v) is 23.5. The molecule has 0 N–H and O–H groups in total. The summed E-state index contributed by atoms with van der Waals surface area (Å²) in [6.07, 6.45) is 3.62. The van der Waals surface area contributed by atoms with Crippen LogP contribution in [-0.2, 0) is 20.1 Å². The SMILES string of the molecule is [2H]C([2H])([2H])c1c[c-]c(-c2cc[c]([Ge]([CH3])([CH3])[CH3])cn2)cc1.[2H]C([2H])([2H])c1cc(-c2[c-]ccc3c2sc2c(C)cccc23)ncc1-c1ccccc1.[Ir]. The molecule has 7 rings (SSSR count). The molecule has 0 amide bonds. The maximum atomic E-state index is 8.10.